The van der Waals surface area contributed by atoms with E-state index in [-0.39, 0.29) is 0 Å². The van der Waals surface area contributed by atoms with Crippen molar-refractivity contribution in [3.63, 3.8) is 0 Å². The molecule has 0 fully saturated rings. The predicted octanol–water partition coefficient (Wildman–Crippen LogP) is 4.34. The molecule has 0 saturated carbocycles. The SMILES string of the molecule is COc1cc(C=NO)cc(Br)c1OCCOc1cc(C)ccc1C. The number of halogens is 1. The van der Waals surface area contributed by atoms with Crippen molar-refractivity contribution < 1.29 is 19.4 Å². The van der Waals surface area contributed by atoms with Gasteiger partial charge >= 0.3 is 0 Å². The van der Waals surface area contributed by atoms with Crippen LogP contribution in [0.1, 0.15) is 16.7 Å². The lowest BCUT2D eigenvalue weighted by Gasteiger charge is -2.14. The van der Waals surface area contributed by atoms with E-state index < -0.39 is 0 Å². The Labute approximate surface area is 150 Å². The Balaban J connectivity index is 2.00. The fraction of sp³-hybridized carbons (Fsp3) is 0.278. The number of benzene rings is 2. The fourth-order valence-corrected chi connectivity index (χ4v) is 2.75. The summed E-state index contributed by atoms with van der Waals surface area (Å²) in [7, 11) is 1.56. The Morgan fingerprint density at radius 2 is 1.83 bits per heavy atom. The van der Waals surface area contributed by atoms with Gasteiger partial charge in [-0.3, -0.25) is 0 Å². The summed E-state index contributed by atoms with van der Waals surface area (Å²) in [6, 6.07) is 9.61. The first-order valence-electron chi connectivity index (χ1n) is 7.43. The largest absolute Gasteiger partial charge is 0.493 e. The molecule has 2 aromatic carbocycles. The van der Waals surface area contributed by atoms with E-state index in [4.69, 9.17) is 19.4 Å². The first-order chi connectivity index (χ1) is 11.5. The summed E-state index contributed by atoms with van der Waals surface area (Å²) in [5, 5.41) is 11.6. The van der Waals surface area contributed by atoms with Gasteiger partial charge in [-0.15, -0.1) is 0 Å². The highest BCUT2D eigenvalue weighted by molar-refractivity contribution is 9.10. The maximum absolute atomic E-state index is 8.63. The molecule has 1 N–H and O–H groups in total. The summed E-state index contributed by atoms with van der Waals surface area (Å²) in [5.41, 5.74) is 2.94. The molecule has 0 radical (unpaired) electrons. The maximum Gasteiger partial charge on any atom is 0.175 e. The van der Waals surface area contributed by atoms with Gasteiger partial charge < -0.3 is 19.4 Å². The van der Waals surface area contributed by atoms with Gasteiger partial charge in [0.2, 0.25) is 0 Å². The molecule has 2 rings (SSSR count). The molecule has 2 aromatic rings. The van der Waals surface area contributed by atoms with E-state index >= 15 is 0 Å². The molecular weight excluding hydrogens is 374 g/mol. The number of ether oxygens (including phenoxy) is 3. The lowest BCUT2D eigenvalue weighted by molar-refractivity contribution is 0.209. The lowest BCUT2D eigenvalue weighted by Crippen LogP contribution is -2.10. The highest BCUT2D eigenvalue weighted by Crippen LogP contribution is 2.36. The molecule has 0 aromatic heterocycles. The molecular formula is C18H20BrNO4. The number of methoxy groups -OCH3 is 1. The van der Waals surface area contributed by atoms with Crippen molar-refractivity contribution in [3.05, 3.63) is 51.5 Å². The lowest BCUT2D eigenvalue weighted by atomic mass is 10.1. The van der Waals surface area contributed by atoms with Crippen molar-refractivity contribution in [1.82, 2.24) is 0 Å². The summed E-state index contributed by atoms with van der Waals surface area (Å²) in [5.74, 6) is 1.99. The molecule has 0 spiro atoms. The maximum atomic E-state index is 8.63. The average molecular weight is 394 g/mol. The Bertz CT molecular complexity index is 731. The molecule has 0 saturated heterocycles. The Hall–Kier alpha value is -2.21. The van der Waals surface area contributed by atoms with Gasteiger partial charge in [-0.25, -0.2) is 0 Å². The van der Waals surface area contributed by atoms with Crippen LogP contribution in [0.25, 0.3) is 0 Å². The average Bonchev–Trinajstić information content (AvgIpc) is 2.56. The van der Waals surface area contributed by atoms with Gasteiger partial charge in [-0.2, -0.15) is 0 Å². The molecule has 6 heteroatoms. The van der Waals surface area contributed by atoms with Gasteiger partial charge in [0.1, 0.15) is 19.0 Å². The van der Waals surface area contributed by atoms with E-state index in [1.165, 1.54) is 6.21 Å². The van der Waals surface area contributed by atoms with Crippen LogP contribution < -0.4 is 14.2 Å². The van der Waals surface area contributed by atoms with Crippen LogP contribution in [0.4, 0.5) is 0 Å². The van der Waals surface area contributed by atoms with E-state index in [1.807, 2.05) is 26.0 Å². The third-order valence-corrected chi connectivity index (χ3v) is 3.98. The standard InChI is InChI=1S/C18H20BrNO4/c1-12-4-5-13(2)16(8-12)23-6-7-24-18-15(19)9-14(11-20-21)10-17(18)22-3/h4-5,8-11,21H,6-7H2,1-3H3. The summed E-state index contributed by atoms with van der Waals surface area (Å²) in [6.07, 6.45) is 1.32. The first-order valence-corrected chi connectivity index (χ1v) is 8.22. The molecule has 0 atom stereocenters. The van der Waals surface area contributed by atoms with Gasteiger partial charge in [0.15, 0.2) is 11.5 Å². The molecule has 0 unspecified atom stereocenters. The minimum atomic E-state index is 0.371. The molecule has 0 amide bonds. The molecule has 0 aliphatic rings. The van der Waals surface area contributed by atoms with Crippen LogP contribution in [0.5, 0.6) is 17.2 Å². The summed E-state index contributed by atoms with van der Waals surface area (Å²) < 4.78 is 17.6. The number of aryl methyl sites for hydroxylation is 2. The highest BCUT2D eigenvalue weighted by atomic mass is 79.9. The smallest absolute Gasteiger partial charge is 0.175 e. The number of rotatable bonds is 7. The molecule has 128 valence electrons. The molecule has 0 bridgehead atoms. The van der Waals surface area contributed by atoms with Crippen molar-refractivity contribution >= 4 is 22.1 Å². The van der Waals surface area contributed by atoms with Gasteiger partial charge in [-0.1, -0.05) is 17.3 Å². The van der Waals surface area contributed by atoms with E-state index in [0.717, 1.165) is 16.9 Å². The van der Waals surface area contributed by atoms with Gasteiger partial charge in [0.25, 0.3) is 0 Å². The van der Waals surface area contributed by atoms with Crippen LogP contribution in [0, 0.1) is 13.8 Å². The Kier molecular flexibility index (Phi) is 6.49. The quantitative estimate of drug-likeness (QED) is 0.329. The highest BCUT2D eigenvalue weighted by Gasteiger charge is 2.11. The van der Waals surface area contributed by atoms with Crippen LogP contribution >= 0.6 is 15.9 Å². The third-order valence-electron chi connectivity index (χ3n) is 3.39. The molecule has 0 aliphatic carbocycles. The summed E-state index contributed by atoms with van der Waals surface area (Å²) in [6.45, 7) is 4.83. The van der Waals surface area contributed by atoms with E-state index in [1.54, 1.807) is 19.2 Å². The first kappa shape index (κ1) is 18.1. The van der Waals surface area contributed by atoms with Gasteiger partial charge in [0, 0.05) is 5.56 Å². The number of hydrogen-bond acceptors (Lipinski definition) is 5. The second-order valence-corrected chi connectivity index (χ2v) is 6.10. The Morgan fingerprint density at radius 1 is 1.08 bits per heavy atom. The van der Waals surface area contributed by atoms with Crippen molar-refractivity contribution in [3.8, 4) is 17.2 Å². The van der Waals surface area contributed by atoms with Crippen LogP contribution in [0.15, 0.2) is 40.0 Å². The zero-order valence-electron chi connectivity index (χ0n) is 13.9. The zero-order chi connectivity index (χ0) is 17.5. The van der Waals surface area contributed by atoms with E-state index in [2.05, 4.69) is 27.2 Å². The normalized spacial score (nSPS) is 10.8. The molecule has 0 heterocycles. The number of hydrogen-bond donors (Lipinski definition) is 1. The second kappa shape index (κ2) is 8.59. The third kappa shape index (κ3) is 4.64. The number of nitrogens with zero attached hydrogens (tertiary/aromatic N) is 1. The van der Waals surface area contributed by atoms with Crippen LogP contribution in [0.3, 0.4) is 0 Å². The zero-order valence-corrected chi connectivity index (χ0v) is 15.5. The predicted molar refractivity (Wildman–Crippen MR) is 97.0 cm³/mol. The minimum Gasteiger partial charge on any atom is -0.493 e. The van der Waals surface area contributed by atoms with Crippen LogP contribution in [-0.2, 0) is 0 Å². The second-order valence-electron chi connectivity index (χ2n) is 5.24. The van der Waals surface area contributed by atoms with E-state index in [0.29, 0.717) is 34.7 Å². The molecule has 24 heavy (non-hydrogen) atoms. The van der Waals surface area contributed by atoms with Crippen molar-refractivity contribution in [1.29, 1.82) is 0 Å². The van der Waals surface area contributed by atoms with Crippen LogP contribution in [0.2, 0.25) is 0 Å². The number of oxime groups is 1. The van der Waals surface area contributed by atoms with Gasteiger partial charge in [-0.05, 0) is 59.1 Å². The monoisotopic (exact) mass is 393 g/mol. The van der Waals surface area contributed by atoms with Crippen molar-refractivity contribution in [2.75, 3.05) is 20.3 Å². The Morgan fingerprint density at radius 3 is 2.54 bits per heavy atom. The topological polar surface area (TPSA) is 60.3 Å². The molecule has 0 aliphatic heterocycles. The van der Waals surface area contributed by atoms with Crippen LogP contribution in [-0.4, -0.2) is 31.7 Å². The van der Waals surface area contributed by atoms with Crippen molar-refractivity contribution in [2.45, 2.75) is 13.8 Å². The summed E-state index contributed by atoms with van der Waals surface area (Å²) in [4.78, 5) is 0. The fourth-order valence-electron chi connectivity index (χ4n) is 2.18. The minimum absolute atomic E-state index is 0.371. The van der Waals surface area contributed by atoms with E-state index in [9.17, 15) is 0 Å². The molecule has 5 nitrogen and oxygen atoms in total. The van der Waals surface area contributed by atoms with Gasteiger partial charge in [0.05, 0.1) is 17.8 Å². The van der Waals surface area contributed by atoms with Crippen molar-refractivity contribution in [2.24, 2.45) is 5.16 Å². The summed E-state index contributed by atoms with van der Waals surface area (Å²) >= 11 is 3.44.